The fraction of sp³-hybridized carbons (Fsp3) is 0.167. The van der Waals surface area contributed by atoms with Gasteiger partial charge in [-0.05, 0) is 18.2 Å². The summed E-state index contributed by atoms with van der Waals surface area (Å²) in [7, 11) is 0. The van der Waals surface area contributed by atoms with Gasteiger partial charge in [-0.15, -0.1) is 0 Å². The highest BCUT2D eigenvalue weighted by atomic mass is 16.5. The summed E-state index contributed by atoms with van der Waals surface area (Å²) in [5, 5.41) is 6.00. The van der Waals surface area contributed by atoms with Crippen LogP contribution in [0.1, 0.15) is 5.69 Å². The summed E-state index contributed by atoms with van der Waals surface area (Å²) >= 11 is 0. The lowest BCUT2D eigenvalue weighted by atomic mass is 10.2. The minimum atomic E-state index is -0.131. The van der Waals surface area contributed by atoms with Gasteiger partial charge in [-0.2, -0.15) is 0 Å². The topological polar surface area (TPSA) is 79.0 Å². The van der Waals surface area contributed by atoms with Gasteiger partial charge in [0.05, 0.1) is 24.3 Å². The van der Waals surface area contributed by atoms with Gasteiger partial charge in [-0.1, -0.05) is 0 Å². The van der Waals surface area contributed by atoms with E-state index in [1.54, 1.807) is 12.5 Å². The van der Waals surface area contributed by atoms with Crippen LogP contribution < -0.4 is 15.4 Å². The third-order valence-electron chi connectivity index (χ3n) is 2.65. The number of nitrogens with one attached hydrogen (secondary N) is 3. The van der Waals surface area contributed by atoms with Gasteiger partial charge in [0.1, 0.15) is 5.75 Å². The Morgan fingerprint density at radius 3 is 3.22 bits per heavy atom. The quantitative estimate of drug-likeness (QED) is 0.761. The number of amides is 1. The van der Waals surface area contributed by atoms with Gasteiger partial charge in [0.25, 0.3) is 5.91 Å². The molecule has 2 heterocycles. The summed E-state index contributed by atoms with van der Waals surface area (Å²) in [6.07, 6.45) is 3.40. The van der Waals surface area contributed by atoms with Crippen LogP contribution in [0.2, 0.25) is 0 Å². The van der Waals surface area contributed by atoms with Gasteiger partial charge in [0.2, 0.25) is 0 Å². The van der Waals surface area contributed by atoms with E-state index < -0.39 is 0 Å². The normalized spacial score (nSPS) is 13.4. The standard InChI is InChI=1S/C12H12N4O2/c17-12-6-18-11-2-1-8(3-10(11)16-12)14-5-9-4-13-7-15-9/h1-4,7,14H,5-6H2,(H,13,15)(H,16,17). The minimum Gasteiger partial charge on any atom is -0.482 e. The first-order valence-corrected chi connectivity index (χ1v) is 5.59. The molecule has 1 aliphatic heterocycles. The number of imidazole rings is 1. The lowest BCUT2D eigenvalue weighted by Gasteiger charge is -2.18. The maximum absolute atomic E-state index is 11.2. The number of fused-ring (bicyclic) bond motifs is 1. The van der Waals surface area contributed by atoms with Gasteiger partial charge in [-0.25, -0.2) is 4.98 Å². The molecule has 6 nitrogen and oxygen atoms in total. The predicted molar refractivity (Wildman–Crippen MR) is 66.5 cm³/mol. The molecule has 2 aromatic rings. The number of ether oxygens (including phenoxy) is 1. The first kappa shape index (κ1) is 10.6. The number of rotatable bonds is 3. The summed E-state index contributed by atoms with van der Waals surface area (Å²) in [5.41, 5.74) is 2.60. The molecule has 0 atom stereocenters. The monoisotopic (exact) mass is 244 g/mol. The first-order valence-electron chi connectivity index (χ1n) is 5.59. The van der Waals surface area contributed by atoms with Gasteiger partial charge in [0, 0.05) is 11.9 Å². The van der Waals surface area contributed by atoms with Crippen molar-refractivity contribution in [2.75, 3.05) is 17.2 Å². The highest BCUT2D eigenvalue weighted by molar-refractivity contribution is 5.95. The van der Waals surface area contributed by atoms with Crippen LogP contribution >= 0.6 is 0 Å². The Hall–Kier alpha value is -2.50. The molecular formula is C12H12N4O2. The van der Waals surface area contributed by atoms with Crippen LogP contribution in [-0.2, 0) is 11.3 Å². The third-order valence-corrected chi connectivity index (χ3v) is 2.65. The molecule has 18 heavy (non-hydrogen) atoms. The number of benzene rings is 1. The number of hydrogen-bond acceptors (Lipinski definition) is 4. The van der Waals surface area contributed by atoms with Crippen LogP contribution in [0.5, 0.6) is 5.75 Å². The Labute approximate surface area is 103 Å². The van der Waals surface area contributed by atoms with Crippen molar-refractivity contribution in [1.82, 2.24) is 9.97 Å². The van der Waals surface area contributed by atoms with Crippen molar-refractivity contribution in [3.63, 3.8) is 0 Å². The van der Waals surface area contributed by atoms with E-state index in [1.807, 2.05) is 18.2 Å². The van der Waals surface area contributed by atoms with Crippen molar-refractivity contribution >= 4 is 17.3 Å². The minimum absolute atomic E-state index is 0.0773. The van der Waals surface area contributed by atoms with Crippen molar-refractivity contribution in [3.8, 4) is 5.75 Å². The number of anilines is 2. The largest absolute Gasteiger partial charge is 0.482 e. The van der Waals surface area contributed by atoms with E-state index in [1.165, 1.54) is 0 Å². The predicted octanol–water partition coefficient (Wildman–Crippen LogP) is 1.35. The summed E-state index contributed by atoms with van der Waals surface area (Å²) in [6, 6.07) is 5.60. The maximum Gasteiger partial charge on any atom is 0.262 e. The van der Waals surface area contributed by atoms with E-state index in [-0.39, 0.29) is 12.5 Å². The second-order valence-corrected chi connectivity index (χ2v) is 3.98. The molecule has 1 amide bonds. The zero-order chi connectivity index (χ0) is 12.4. The van der Waals surface area contributed by atoms with Crippen LogP contribution in [-0.4, -0.2) is 22.5 Å². The van der Waals surface area contributed by atoms with Crippen molar-refractivity contribution < 1.29 is 9.53 Å². The lowest BCUT2D eigenvalue weighted by Crippen LogP contribution is -2.25. The van der Waals surface area contributed by atoms with E-state index in [2.05, 4.69) is 20.6 Å². The summed E-state index contributed by atoms with van der Waals surface area (Å²) in [4.78, 5) is 18.2. The first-order chi connectivity index (χ1) is 8.81. The van der Waals surface area contributed by atoms with Crippen molar-refractivity contribution in [2.24, 2.45) is 0 Å². The molecule has 0 unspecified atom stereocenters. The Morgan fingerprint density at radius 2 is 2.39 bits per heavy atom. The molecule has 0 spiro atoms. The molecule has 3 N–H and O–H groups in total. The van der Waals surface area contributed by atoms with Crippen LogP contribution in [0, 0.1) is 0 Å². The molecule has 0 saturated carbocycles. The highest BCUT2D eigenvalue weighted by Gasteiger charge is 2.15. The molecule has 1 aliphatic rings. The lowest BCUT2D eigenvalue weighted by molar-refractivity contribution is -0.118. The average Bonchev–Trinajstić information content (AvgIpc) is 2.89. The van der Waals surface area contributed by atoms with Gasteiger partial charge in [0.15, 0.2) is 6.61 Å². The summed E-state index contributed by atoms with van der Waals surface area (Å²) < 4.78 is 5.29. The molecule has 3 rings (SSSR count). The molecule has 0 aliphatic carbocycles. The fourth-order valence-corrected chi connectivity index (χ4v) is 1.77. The Balaban J connectivity index is 1.73. The molecule has 92 valence electrons. The number of hydrogen-bond donors (Lipinski definition) is 3. The number of nitrogens with zero attached hydrogens (tertiary/aromatic N) is 1. The SMILES string of the molecule is O=C1COc2ccc(NCc3cnc[nH]3)cc2N1. The Bertz CT molecular complexity index is 565. The van der Waals surface area contributed by atoms with E-state index in [0.717, 1.165) is 11.4 Å². The smallest absolute Gasteiger partial charge is 0.262 e. The zero-order valence-corrected chi connectivity index (χ0v) is 9.56. The fourth-order valence-electron chi connectivity index (χ4n) is 1.77. The summed E-state index contributed by atoms with van der Waals surface area (Å²) in [5.74, 6) is 0.565. The zero-order valence-electron chi connectivity index (χ0n) is 9.56. The summed E-state index contributed by atoms with van der Waals surface area (Å²) in [6.45, 7) is 0.724. The molecule has 0 radical (unpaired) electrons. The molecule has 6 heteroatoms. The number of H-pyrrole nitrogens is 1. The van der Waals surface area contributed by atoms with Gasteiger partial charge >= 0.3 is 0 Å². The second kappa shape index (κ2) is 4.40. The molecule has 0 bridgehead atoms. The van der Waals surface area contributed by atoms with E-state index in [9.17, 15) is 4.79 Å². The third kappa shape index (κ3) is 2.13. The number of carbonyl (C=O) groups excluding carboxylic acids is 1. The molecular weight excluding hydrogens is 232 g/mol. The van der Waals surface area contributed by atoms with Crippen LogP contribution in [0.4, 0.5) is 11.4 Å². The van der Waals surface area contributed by atoms with Crippen LogP contribution in [0.15, 0.2) is 30.7 Å². The second-order valence-electron chi connectivity index (χ2n) is 3.98. The Morgan fingerprint density at radius 1 is 1.44 bits per heavy atom. The van der Waals surface area contributed by atoms with Crippen LogP contribution in [0.3, 0.4) is 0 Å². The molecule has 0 saturated heterocycles. The van der Waals surface area contributed by atoms with Gasteiger partial charge in [-0.3, -0.25) is 4.79 Å². The maximum atomic E-state index is 11.2. The Kier molecular flexibility index (Phi) is 2.60. The van der Waals surface area contributed by atoms with E-state index in [4.69, 9.17) is 4.74 Å². The highest BCUT2D eigenvalue weighted by Crippen LogP contribution is 2.30. The number of carbonyl (C=O) groups is 1. The molecule has 0 fully saturated rings. The van der Waals surface area contributed by atoms with Crippen molar-refractivity contribution in [1.29, 1.82) is 0 Å². The van der Waals surface area contributed by atoms with Crippen LogP contribution in [0.25, 0.3) is 0 Å². The van der Waals surface area contributed by atoms with E-state index >= 15 is 0 Å². The van der Waals surface area contributed by atoms with Crippen molar-refractivity contribution in [3.05, 3.63) is 36.4 Å². The average molecular weight is 244 g/mol. The van der Waals surface area contributed by atoms with Crippen molar-refractivity contribution in [2.45, 2.75) is 6.54 Å². The number of aromatic nitrogens is 2. The van der Waals surface area contributed by atoms with Gasteiger partial charge < -0.3 is 20.4 Å². The molecule has 1 aromatic carbocycles. The molecule has 1 aromatic heterocycles. The number of aromatic amines is 1. The van der Waals surface area contributed by atoms with E-state index in [0.29, 0.717) is 18.0 Å².